The van der Waals surface area contributed by atoms with Crippen LogP contribution in [0.4, 0.5) is 5.69 Å². The first-order chi connectivity index (χ1) is 12.5. The summed E-state index contributed by atoms with van der Waals surface area (Å²) in [6.45, 7) is -0.521. The molecule has 1 aliphatic heterocycles. The van der Waals surface area contributed by atoms with Crippen LogP contribution in [0.2, 0.25) is 5.02 Å². The SMILES string of the molecule is O=C(O)COc1ccc(C=C2C(=O)NN(c3ccccc3)C2=O)cc1Cl. The zero-order valence-electron chi connectivity index (χ0n) is 13.3. The maximum absolute atomic E-state index is 12.5. The summed E-state index contributed by atoms with van der Waals surface area (Å²) in [5.41, 5.74) is 3.52. The van der Waals surface area contributed by atoms with Gasteiger partial charge in [-0.3, -0.25) is 15.0 Å². The Hall–Kier alpha value is -3.32. The van der Waals surface area contributed by atoms with Crippen molar-refractivity contribution in [3.05, 3.63) is 64.7 Å². The summed E-state index contributed by atoms with van der Waals surface area (Å²) in [7, 11) is 0. The van der Waals surface area contributed by atoms with E-state index in [1.54, 1.807) is 36.4 Å². The van der Waals surface area contributed by atoms with Crippen molar-refractivity contribution in [3.63, 3.8) is 0 Å². The molecule has 0 aromatic heterocycles. The van der Waals surface area contributed by atoms with Crippen molar-refractivity contribution in [2.24, 2.45) is 0 Å². The van der Waals surface area contributed by atoms with Gasteiger partial charge in [-0.2, -0.15) is 0 Å². The topological polar surface area (TPSA) is 95.9 Å². The van der Waals surface area contributed by atoms with Crippen LogP contribution in [0.3, 0.4) is 0 Å². The minimum Gasteiger partial charge on any atom is -0.480 e. The van der Waals surface area contributed by atoms with Gasteiger partial charge in [-0.15, -0.1) is 0 Å². The van der Waals surface area contributed by atoms with E-state index in [2.05, 4.69) is 5.43 Å². The summed E-state index contributed by atoms with van der Waals surface area (Å²) in [5, 5.41) is 9.96. The Morgan fingerprint density at radius 1 is 1.19 bits per heavy atom. The van der Waals surface area contributed by atoms with Gasteiger partial charge in [0.25, 0.3) is 11.8 Å². The van der Waals surface area contributed by atoms with Gasteiger partial charge >= 0.3 is 5.97 Å². The zero-order chi connectivity index (χ0) is 18.7. The summed E-state index contributed by atoms with van der Waals surface area (Å²) in [5.74, 6) is -1.93. The lowest BCUT2D eigenvalue weighted by molar-refractivity contribution is -0.139. The number of carbonyl (C=O) groups is 3. The Balaban J connectivity index is 1.83. The van der Waals surface area contributed by atoms with E-state index in [0.717, 1.165) is 0 Å². The molecule has 0 atom stereocenters. The third-order valence-electron chi connectivity index (χ3n) is 3.52. The van der Waals surface area contributed by atoms with Gasteiger partial charge in [0.1, 0.15) is 11.3 Å². The number of carbonyl (C=O) groups excluding carboxylic acids is 2. The van der Waals surface area contributed by atoms with E-state index in [4.69, 9.17) is 21.4 Å². The molecule has 0 bridgehead atoms. The van der Waals surface area contributed by atoms with Crippen LogP contribution in [0.5, 0.6) is 5.75 Å². The van der Waals surface area contributed by atoms with E-state index in [0.29, 0.717) is 11.3 Å². The van der Waals surface area contributed by atoms with E-state index >= 15 is 0 Å². The number of benzene rings is 2. The highest BCUT2D eigenvalue weighted by Crippen LogP contribution is 2.27. The van der Waals surface area contributed by atoms with Crippen LogP contribution >= 0.6 is 11.6 Å². The average Bonchev–Trinajstić information content (AvgIpc) is 2.90. The Morgan fingerprint density at radius 3 is 2.58 bits per heavy atom. The Morgan fingerprint density at radius 2 is 1.92 bits per heavy atom. The fraction of sp³-hybridized carbons (Fsp3) is 0.0556. The van der Waals surface area contributed by atoms with Crippen LogP contribution in [-0.2, 0) is 14.4 Å². The van der Waals surface area contributed by atoms with E-state index in [1.807, 2.05) is 0 Å². The Labute approximate surface area is 153 Å². The molecule has 2 aromatic carbocycles. The summed E-state index contributed by atoms with van der Waals surface area (Å²) < 4.78 is 5.03. The van der Waals surface area contributed by atoms with Crippen LogP contribution in [0.25, 0.3) is 6.08 Å². The van der Waals surface area contributed by atoms with Crippen LogP contribution < -0.4 is 15.2 Å². The van der Waals surface area contributed by atoms with Crippen molar-refractivity contribution >= 4 is 41.1 Å². The van der Waals surface area contributed by atoms with Gasteiger partial charge in [-0.1, -0.05) is 35.9 Å². The quantitative estimate of drug-likeness (QED) is 0.620. The molecule has 26 heavy (non-hydrogen) atoms. The summed E-state index contributed by atoms with van der Waals surface area (Å²) in [6.07, 6.45) is 1.41. The molecule has 8 heteroatoms. The predicted octanol–water partition coefficient (Wildman–Crippen LogP) is 2.26. The van der Waals surface area contributed by atoms with Crippen LogP contribution in [0.15, 0.2) is 54.1 Å². The second-order valence-electron chi connectivity index (χ2n) is 5.35. The van der Waals surface area contributed by atoms with Crippen molar-refractivity contribution in [3.8, 4) is 5.75 Å². The number of amides is 2. The highest BCUT2D eigenvalue weighted by Gasteiger charge is 2.34. The first-order valence-corrected chi connectivity index (χ1v) is 7.90. The minimum absolute atomic E-state index is 0.0378. The highest BCUT2D eigenvalue weighted by molar-refractivity contribution is 6.33. The number of hydrazine groups is 1. The molecule has 1 heterocycles. The fourth-order valence-electron chi connectivity index (χ4n) is 2.35. The number of halogens is 1. The number of para-hydroxylation sites is 1. The summed E-state index contributed by atoms with van der Waals surface area (Å²) in [6, 6.07) is 13.2. The second kappa shape index (κ2) is 7.28. The van der Waals surface area contributed by atoms with Crippen LogP contribution in [-0.4, -0.2) is 29.5 Å². The number of hydrogen-bond acceptors (Lipinski definition) is 4. The lowest BCUT2D eigenvalue weighted by Gasteiger charge is -2.13. The first-order valence-electron chi connectivity index (χ1n) is 7.52. The highest BCUT2D eigenvalue weighted by atomic mass is 35.5. The van der Waals surface area contributed by atoms with E-state index in [-0.39, 0.29) is 16.3 Å². The molecule has 7 nitrogen and oxygen atoms in total. The van der Waals surface area contributed by atoms with E-state index < -0.39 is 24.4 Å². The smallest absolute Gasteiger partial charge is 0.341 e. The molecule has 1 fully saturated rings. The monoisotopic (exact) mass is 372 g/mol. The molecular formula is C18H13ClN2O5. The third kappa shape index (κ3) is 3.68. The molecular weight excluding hydrogens is 360 g/mol. The maximum atomic E-state index is 12.5. The number of ether oxygens (including phenoxy) is 1. The molecule has 0 aliphatic carbocycles. The second-order valence-corrected chi connectivity index (χ2v) is 5.75. The molecule has 0 saturated carbocycles. The lowest BCUT2D eigenvalue weighted by Crippen LogP contribution is -2.35. The third-order valence-corrected chi connectivity index (χ3v) is 3.82. The summed E-state index contributed by atoms with van der Waals surface area (Å²) in [4.78, 5) is 35.2. The minimum atomic E-state index is -1.12. The molecule has 0 spiro atoms. The number of nitrogens with one attached hydrogen (secondary N) is 1. The molecule has 2 N–H and O–H groups in total. The van der Waals surface area contributed by atoms with E-state index in [1.165, 1.54) is 23.2 Å². The number of aliphatic carboxylic acids is 1. The van der Waals surface area contributed by atoms with Gasteiger partial charge in [0, 0.05) is 0 Å². The average molecular weight is 373 g/mol. The molecule has 2 aromatic rings. The van der Waals surface area contributed by atoms with Crippen molar-refractivity contribution in [1.82, 2.24) is 5.43 Å². The molecule has 1 aliphatic rings. The number of rotatable bonds is 5. The molecule has 0 unspecified atom stereocenters. The normalized spacial score (nSPS) is 15.3. The molecule has 2 amide bonds. The summed E-state index contributed by atoms with van der Waals surface area (Å²) >= 11 is 6.05. The van der Waals surface area contributed by atoms with Gasteiger partial charge in [-0.05, 0) is 35.9 Å². The number of anilines is 1. The number of carboxylic acid groups (broad SMARTS) is 1. The maximum Gasteiger partial charge on any atom is 0.341 e. The van der Waals surface area contributed by atoms with Crippen LogP contribution in [0.1, 0.15) is 5.56 Å². The van der Waals surface area contributed by atoms with Crippen LogP contribution in [0, 0.1) is 0 Å². The lowest BCUT2D eigenvalue weighted by atomic mass is 10.1. The molecule has 132 valence electrons. The number of hydrogen-bond donors (Lipinski definition) is 2. The first kappa shape index (κ1) is 17.5. The fourth-order valence-corrected chi connectivity index (χ4v) is 2.59. The Kier molecular flexibility index (Phi) is 4.90. The van der Waals surface area contributed by atoms with Gasteiger partial charge in [-0.25, -0.2) is 9.80 Å². The number of carboxylic acids is 1. The zero-order valence-corrected chi connectivity index (χ0v) is 14.1. The van der Waals surface area contributed by atoms with Crippen molar-refractivity contribution in [1.29, 1.82) is 0 Å². The Bertz CT molecular complexity index is 911. The molecule has 1 saturated heterocycles. The molecule has 0 radical (unpaired) electrons. The van der Waals surface area contributed by atoms with Gasteiger partial charge in [0.15, 0.2) is 6.61 Å². The van der Waals surface area contributed by atoms with E-state index in [9.17, 15) is 14.4 Å². The van der Waals surface area contributed by atoms with Gasteiger partial charge in [0.05, 0.1) is 10.7 Å². The predicted molar refractivity (Wildman–Crippen MR) is 94.6 cm³/mol. The largest absolute Gasteiger partial charge is 0.480 e. The van der Waals surface area contributed by atoms with Gasteiger partial charge < -0.3 is 9.84 Å². The number of nitrogens with zero attached hydrogens (tertiary/aromatic N) is 1. The van der Waals surface area contributed by atoms with Gasteiger partial charge in [0.2, 0.25) is 0 Å². The van der Waals surface area contributed by atoms with Crippen molar-refractivity contribution in [2.75, 3.05) is 11.6 Å². The standard InChI is InChI=1S/C18H13ClN2O5/c19-14-9-11(6-7-15(14)26-10-16(22)23)8-13-17(24)20-21(18(13)25)12-4-2-1-3-5-12/h1-9H,10H2,(H,20,24)(H,22,23). The molecule has 3 rings (SSSR count). The van der Waals surface area contributed by atoms with Crippen molar-refractivity contribution in [2.45, 2.75) is 0 Å². The van der Waals surface area contributed by atoms with Crippen molar-refractivity contribution < 1.29 is 24.2 Å².